The fourth-order valence-corrected chi connectivity index (χ4v) is 3.63. The zero-order chi connectivity index (χ0) is 13.0. The van der Waals surface area contributed by atoms with Crippen LogP contribution in [0, 0.1) is 12.8 Å². The molecule has 1 aliphatic heterocycles. The van der Waals surface area contributed by atoms with E-state index in [0.29, 0.717) is 6.04 Å². The molecule has 0 aromatic carbocycles. The van der Waals surface area contributed by atoms with Gasteiger partial charge in [-0.05, 0) is 39.3 Å². The van der Waals surface area contributed by atoms with Crippen molar-refractivity contribution in [3.05, 3.63) is 16.1 Å². The number of aromatic nitrogens is 1. The average Bonchev–Trinajstić information content (AvgIpc) is 2.75. The Balaban J connectivity index is 1.80. The highest BCUT2D eigenvalue weighted by atomic mass is 32.1. The highest BCUT2D eigenvalue weighted by Gasteiger charge is 2.21. The first-order valence-corrected chi connectivity index (χ1v) is 7.88. The molecule has 1 saturated heterocycles. The number of hydrogen-bond acceptors (Lipinski definition) is 4. The summed E-state index contributed by atoms with van der Waals surface area (Å²) in [5.74, 6) is 0.926. The van der Waals surface area contributed by atoms with Crippen molar-refractivity contribution in [2.24, 2.45) is 5.92 Å². The third kappa shape index (κ3) is 3.77. The van der Waals surface area contributed by atoms with Crippen LogP contribution >= 0.6 is 11.3 Å². The third-order valence-electron chi connectivity index (χ3n) is 3.97. The molecular formula is C14H25N3S. The van der Waals surface area contributed by atoms with Gasteiger partial charge in [-0.2, -0.15) is 0 Å². The van der Waals surface area contributed by atoms with E-state index < -0.39 is 0 Å². The number of nitrogens with one attached hydrogen (secondary N) is 1. The number of piperidine rings is 1. The molecule has 102 valence electrons. The Morgan fingerprint density at radius 2 is 2.39 bits per heavy atom. The van der Waals surface area contributed by atoms with Crippen LogP contribution in [0.2, 0.25) is 0 Å². The topological polar surface area (TPSA) is 28.2 Å². The van der Waals surface area contributed by atoms with Gasteiger partial charge in [-0.1, -0.05) is 13.3 Å². The minimum Gasteiger partial charge on any atom is -0.313 e. The summed E-state index contributed by atoms with van der Waals surface area (Å²) in [5.41, 5.74) is 3.14. The highest BCUT2D eigenvalue weighted by Crippen LogP contribution is 2.20. The predicted octanol–water partition coefficient (Wildman–Crippen LogP) is 2.66. The largest absolute Gasteiger partial charge is 0.313 e. The molecule has 0 saturated carbocycles. The van der Waals surface area contributed by atoms with Crippen molar-refractivity contribution in [2.45, 2.75) is 45.7 Å². The highest BCUT2D eigenvalue weighted by molar-refractivity contribution is 7.09. The van der Waals surface area contributed by atoms with Crippen molar-refractivity contribution in [3.8, 4) is 0 Å². The van der Waals surface area contributed by atoms with Crippen LogP contribution in [0.5, 0.6) is 0 Å². The molecule has 1 N–H and O–H groups in total. The third-order valence-corrected chi connectivity index (χ3v) is 4.89. The van der Waals surface area contributed by atoms with E-state index >= 15 is 0 Å². The lowest BCUT2D eigenvalue weighted by atomic mass is 9.90. The lowest BCUT2D eigenvalue weighted by Gasteiger charge is -2.32. The second-order valence-corrected chi connectivity index (χ2v) is 6.45. The van der Waals surface area contributed by atoms with E-state index in [1.54, 1.807) is 11.3 Å². The van der Waals surface area contributed by atoms with E-state index in [4.69, 9.17) is 0 Å². The summed E-state index contributed by atoms with van der Waals surface area (Å²) in [6.45, 7) is 7.79. The molecule has 4 heteroatoms. The average molecular weight is 267 g/mol. The van der Waals surface area contributed by atoms with Gasteiger partial charge >= 0.3 is 0 Å². The van der Waals surface area contributed by atoms with E-state index in [0.717, 1.165) is 19.0 Å². The van der Waals surface area contributed by atoms with Crippen LogP contribution in [0.3, 0.4) is 0 Å². The van der Waals surface area contributed by atoms with Gasteiger partial charge in [0.25, 0.3) is 0 Å². The molecule has 0 spiro atoms. The lowest BCUT2D eigenvalue weighted by molar-refractivity contribution is 0.221. The minimum absolute atomic E-state index is 0.668. The predicted molar refractivity (Wildman–Crippen MR) is 78.0 cm³/mol. The van der Waals surface area contributed by atoms with E-state index in [1.807, 2.05) is 5.51 Å². The molecule has 1 aromatic heterocycles. The monoisotopic (exact) mass is 267 g/mol. The Bertz CT molecular complexity index is 364. The Hall–Kier alpha value is -0.450. The summed E-state index contributed by atoms with van der Waals surface area (Å²) in [5, 5.41) is 3.65. The van der Waals surface area contributed by atoms with Crippen molar-refractivity contribution in [2.75, 3.05) is 20.1 Å². The summed E-state index contributed by atoms with van der Waals surface area (Å²) >= 11 is 1.77. The number of rotatable bonds is 5. The van der Waals surface area contributed by atoms with Gasteiger partial charge in [0.05, 0.1) is 11.2 Å². The minimum atomic E-state index is 0.668. The fraction of sp³-hybridized carbons (Fsp3) is 0.786. The smallest absolute Gasteiger partial charge is 0.0798 e. The second-order valence-electron chi connectivity index (χ2n) is 5.51. The molecule has 0 aliphatic carbocycles. The van der Waals surface area contributed by atoms with E-state index in [2.05, 4.69) is 36.1 Å². The second kappa shape index (κ2) is 6.64. The summed E-state index contributed by atoms with van der Waals surface area (Å²) in [4.78, 5) is 8.15. The SMILES string of the molecule is CCC1CCNC(CN(C)Cc2scnc2C)C1. The van der Waals surface area contributed by atoms with Gasteiger partial charge in [0.1, 0.15) is 0 Å². The number of aryl methyl sites for hydroxylation is 1. The first-order chi connectivity index (χ1) is 8.69. The summed E-state index contributed by atoms with van der Waals surface area (Å²) in [7, 11) is 2.22. The fourth-order valence-electron chi connectivity index (χ4n) is 2.77. The van der Waals surface area contributed by atoms with Crippen molar-refractivity contribution in [1.29, 1.82) is 0 Å². The molecule has 1 fully saturated rings. The van der Waals surface area contributed by atoms with Gasteiger partial charge in [-0.25, -0.2) is 4.98 Å². The molecule has 0 radical (unpaired) electrons. The van der Waals surface area contributed by atoms with Crippen LogP contribution in [0.25, 0.3) is 0 Å². The molecule has 18 heavy (non-hydrogen) atoms. The first-order valence-electron chi connectivity index (χ1n) is 7.00. The van der Waals surface area contributed by atoms with Crippen molar-refractivity contribution < 1.29 is 0 Å². The standard InChI is InChI=1S/C14H25N3S/c1-4-12-5-6-15-13(7-12)8-17(3)9-14-11(2)16-10-18-14/h10,12-13,15H,4-9H2,1-3H3. The van der Waals surface area contributed by atoms with Crippen molar-refractivity contribution >= 4 is 11.3 Å². The summed E-state index contributed by atoms with van der Waals surface area (Å²) in [6.07, 6.45) is 4.02. The Labute approximate surface area is 115 Å². The molecule has 1 aromatic rings. The number of likely N-dealkylation sites (N-methyl/N-ethyl adjacent to an activating group) is 1. The van der Waals surface area contributed by atoms with Gasteiger partial charge in [0, 0.05) is 24.0 Å². The van der Waals surface area contributed by atoms with Crippen LogP contribution in [-0.2, 0) is 6.54 Å². The molecule has 2 atom stereocenters. The van der Waals surface area contributed by atoms with Gasteiger partial charge in [-0.15, -0.1) is 11.3 Å². The maximum Gasteiger partial charge on any atom is 0.0798 e. The summed E-state index contributed by atoms with van der Waals surface area (Å²) < 4.78 is 0. The number of thiazole rings is 1. The molecule has 2 rings (SSSR count). The van der Waals surface area contributed by atoms with E-state index in [-0.39, 0.29) is 0 Å². The Morgan fingerprint density at radius 3 is 3.06 bits per heavy atom. The maximum absolute atomic E-state index is 4.32. The molecule has 2 heterocycles. The molecule has 2 unspecified atom stereocenters. The zero-order valence-corrected chi connectivity index (χ0v) is 12.6. The molecule has 1 aliphatic rings. The zero-order valence-electron chi connectivity index (χ0n) is 11.8. The number of hydrogen-bond donors (Lipinski definition) is 1. The Morgan fingerprint density at radius 1 is 1.56 bits per heavy atom. The van der Waals surface area contributed by atoms with Crippen molar-refractivity contribution in [3.63, 3.8) is 0 Å². The van der Waals surface area contributed by atoms with Gasteiger partial charge in [0.2, 0.25) is 0 Å². The lowest BCUT2D eigenvalue weighted by Crippen LogP contribution is -2.44. The van der Waals surface area contributed by atoms with Crippen LogP contribution in [0.1, 0.15) is 36.8 Å². The van der Waals surface area contributed by atoms with Crippen LogP contribution in [0.15, 0.2) is 5.51 Å². The number of nitrogens with zero attached hydrogens (tertiary/aromatic N) is 2. The van der Waals surface area contributed by atoms with E-state index in [9.17, 15) is 0 Å². The van der Waals surface area contributed by atoms with Crippen molar-refractivity contribution in [1.82, 2.24) is 15.2 Å². The van der Waals surface area contributed by atoms with Gasteiger partial charge < -0.3 is 5.32 Å². The first kappa shape index (κ1) is 14.0. The summed E-state index contributed by atoms with van der Waals surface area (Å²) in [6, 6.07) is 0.668. The quantitative estimate of drug-likeness (QED) is 0.889. The van der Waals surface area contributed by atoms with Gasteiger partial charge in [0.15, 0.2) is 0 Å². The van der Waals surface area contributed by atoms with Crippen LogP contribution in [0.4, 0.5) is 0 Å². The maximum atomic E-state index is 4.32. The Kier molecular flexibility index (Phi) is 5.15. The molecule has 0 bridgehead atoms. The van der Waals surface area contributed by atoms with Crippen LogP contribution in [-0.4, -0.2) is 36.1 Å². The normalized spacial score (nSPS) is 24.7. The molecule has 0 amide bonds. The molecule has 3 nitrogen and oxygen atoms in total. The van der Waals surface area contributed by atoms with Gasteiger partial charge in [-0.3, -0.25) is 4.90 Å². The molecular weight excluding hydrogens is 242 g/mol. The van der Waals surface area contributed by atoms with E-state index in [1.165, 1.54) is 36.4 Å². The van der Waals surface area contributed by atoms with Crippen LogP contribution < -0.4 is 5.32 Å².